The molecule has 3 heterocycles. The van der Waals surface area contributed by atoms with Crippen molar-refractivity contribution in [1.82, 2.24) is 9.97 Å². The third-order valence-corrected chi connectivity index (χ3v) is 5.40. The molecular weight excluding hydrogens is 433 g/mol. The van der Waals surface area contributed by atoms with Crippen LogP contribution in [0.4, 0.5) is 18.9 Å². The number of nitriles is 1. The molecule has 0 fully saturated rings. The predicted molar refractivity (Wildman–Crippen MR) is 108 cm³/mol. The van der Waals surface area contributed by atoms with Gasteiger partial charge in [-0.2, -0.15) is 14.0 Å². The van der Waals surface area contributed by atoms with Crippen molar-refractivity contribution < 1.29 is 22.7 Å². The zero-order valence-electron chi connectivity index (χ0n) is 16.2. The van der Waals surface area contributed by atoms with Gasteiger partial charge < -0.3 is 15.8 Å². The molecule has 31 heavy (non-hydrogen) atoms. The Bertz CT molecular complexity index is 1060. The number of carbonyl (C=O) groups excluding carboxylic acids is 1. The van der Waals surface area contributed by atoms with E-state index in [0.29, 0.717) is 17.8 Å². The summed E-state index contributed by atoms with van der Waals surface area (Å²) in [6.07, 6.45) is 2.84. The number of aromatic nitrogens is 2. The first kappa shape index (κ1) is 22.5. The maximum Gasteiger partial charge on any atom is 0.345 e. The maximum atomic E-state index is 14.1. The topological polar surface area (TPSA) is 126 Å². The van der Waals surface area contributed by atoms with Crippen molar-refractivity contribution in [2.45, 2.75) is 30.7 Å². The van der Waals surface area contributed by atoms with E-state index in [1.807, 2.05) is 0 Å². The van der Waals surface area contributed by atoms with Gasteiger partial charge in [0.25, 0.3) is 5.91 Å². The SMILES string of the molecule is C[C@@]1(c2cc(NC(=O)c3ncc(C#N)cc3F)ccn2)C[C@@H](COC(F)F)SC(N)=N1. The lowest BCUT2D eigenvalue weighted by atomic mass is 9.91. The third kappa shape index (κ3) is 5.50. The zero-order valence-corrected chi connectivity index (χ0v) is 17.0. The van der Waals surface area contributed by atoms with E-state index in [-0.39, 0.29) is 22.6 Å². The molecule has 3 N–H and O–H groups in total. The van der Waals surface area contributed by atoms with E-state index in [1.54, 1.807) is 13.0 Å². The summed E-state index contributed by atoms with van der Waals surface area (Å²) in [6.45, 7) is -1.36. The summed E-state index contributed by atoms with van der Waals surface area (Å²) in [5, 5.41) is 11.1. The Balaban J connectivity index is 1.80. The molecule has 12 heteroatoms. The molecule has 2 aromatic rings. The molecule has 0 spiro atoms. The number of hydrogen-bond acceptors (Lipinski definition) is 8. The van der Waals surface area contributed by atoms with Crippen molar-refractivity contribution in [3.63, 3.8) is 0 Å². The molecule has 2 atom stereocenters. The van der Waals surface area contributed by atoms with E-state index in [2.05, 4.69) is 25.0 Å². The predicted octanol–water partition coefficient (Wildman–Crippen LogP) is 3.01. The largest absolute Gasteiger partial charge is 0.379 e. The fraction of sp³-hybridized carbons (Fsp3) is 0.316. The van der Waals surface area contributed by atoms with Crippen molar-refractivity contribution in [3.05, 3.63) is 53.4 Å². The second-order valence-corrected chi connectivity index (χ2v) is 8.13. The van der Waals surface area contributed by atoms with E-state index in [4.69, 9.17) is 11.0 Å². The van der Waals surface area contributed by atoms with E-state index >= 15 is 0 Å². The van der Waals surface area contributed by atoms with Crippen LogP contribution in [0.2, 0.25) is 0 Å². The van der Waals surface area contributed by atoms with Gasteiger partial charge in [-0.15, -0.1) is 0 Å². The highest BCUT2D eigenvalue weighted by atomic mass is 32.2. The fourth-order valence-electron chi connectivity index (χ4n) is 3.07. The van der Waals surface area contributed by atoms with Gasteiger partial charge in [0.1, 0.15) is 11.6 Å². The van der Waals surface area contributed by atoms with E-state index < -0.39 is 29.6 Å². The number of rotatable bonds is 6. The van der Waals surface area contributed by atoms with Crippen LogP contribution in [-0.4, -0.2) is 39.5 Å². The minimum absolute atomic E-state index is 0.0100. The lowest BCUT2D eigenvalue weighted by Gasteiger charge is -2.33. The fourth-order valence-corrected chi connectivity index (χ4v) is 4.22. The molecule has 0 saturated heterocycles. The number of nitrogens with zero attached hydrogens (tertiary/aromatic N) is 4. The third-order valence-electron chi connectivity index (χ3n) is 4.43. The molecule has 0 radical (unpaired) electrons. The van der Waals surface area contributed by atoms with Crippen molar-refractivity contribution in [2.24, 2.45) is 10.7 Å². The van der Waals surface area contributed by atoms with Gasteiger partial charge in [0.05, 0.1) is 17.9 Å². The molecule has 1 aliphatic heterocycles. The molecule has 1 amide bonds. The summed E-state index contributed by atoms with van der Waals surface area (Å²) >= 11 is 1.14. The number of hydrogen-bond donors (Lipinski definition) is 2. The number of thioether (sulfide) groups is 1. The number of aliphatic imine (C=N–C) groups is 1. The number of nitrogens with one attached hydrogen (secondary N) is 1. The Morgan fingerprint density at radius 3 is 2.94 bits per heavy atom. The quantitative estimate of drug-likeness (QED) is 0.693. The van der Waals surface area contributed by atoms with Gasteiger partial charge in [0.2, 0.25) is 0 Å². The Kier molecular flexibility index (Phi) is 6.77. The summed E-state index contributed by atoms with van der Waals surface area (Å²) < 4.78 is 43.2. The van der Waals surface area contributed by atoms with Crippen LogP contribution < -0.4 is 11.1 Å². The number of ether oxygens (including phenoxy) is 1. The van der Waals surface area contributed by atoms with Gasteiger partial charge in [0.15, 0.2) is 16.7 Å². The number of anilines is 1. The Hall–Kier alpha value is -3.17. The minimum atomic E-state index is -2.89. The van der Waals surface area contributed by atoms with Crippen LogP contribution in [0.5, 0.6) is 0 Å². The van der Waals surface area contributed by atoms with Gasteiger partial charge in [-0.3, -0.25) is 9.78 Å². The number of alkyl halides is 2. The number of amidine groups is 1. The molecule has 8 nitrogen and oxygen atoms in total. The lowest BCUT2D eigenvalue weighted by Crippen LogP contribution is -2.36. The van der Waals surface area contributed by atoms with E-state index in [1.165, 1.54) is 18.3 Å². The molecular formula is C19H17F3N6O2S. The Labute approximate surface area is 179 Å². The van der Waals surface area contributed by atoms with Crippen LogP contribution in [0.15, 0.2) is 35.6 Å². The highest BCUT2D eigenvalue weighted by molar-refractivity contribution is 8.14. The van der Waals surface area contributed by atoms with E-state index in [9.17, 15) is 18.0 Å². The molecule has 0 aromatic carbocycles. The standard InChI is InChI=1S/C19H17F3N6O2S/c1-19(6-12(9-30-17(21)22)31-18(24)28-19)14-5-11(2-3-25-14)27-16(29)15-13(20)4-10(7-23)8-26-15/h2-5,8,12,17H,6,9H2,1H3,(H2,24,28)(H,25,27,29)/t12-,19-/m0/s1. The first-order chi connectivity index (χ1) is 14.7. The summed E-state index contributed by atoms with van der Waals surface area (Å²) in [5.74, 6) is -1.74. The first-order valence-electron chi connectivity index (χ1n) is 8.95. The van der Waals surface area contributed by atoms with Crippen LogP contribution in [0, 0.1) is 17.1 Å². The highest BCUT2D eigenvalue weighted by Gasteiger charge is 2.36. The first-order valence-corrected chi connectivity index (χ1v) is 9.83. The molecule has 3 rings (SSSR count). The van der Waals surface area contributed by atoms with Crippen LogP contribution in [-0.2, 0) is 10.3 Å². The zero-order chi connectivity index (χ0) is 22.6. The van der Waals surface area contributed by atoms with Gasteiger partial charge in [-0.1, -0.05) is 11.8 Å². The number of nitrogens with two attached hydrogens (primary N) is 1. The smallest absolute Gasteiger partial charge is 0.345 e. The Morgan fingerprint density at radius 2 is 2.26 bits per heavy atom. The molecule has 0 saturated carbocycles. The molecule has 2 aromatic heterocycles. The average Bonchev–Trinajstić information content (AvgIpc) is 2.71. The van der Waals surface area contributed by atoms with Crippen molar-refractivity contribution in [2.75, 3.05) is 11.9 Å². The maximum absolute atomic E-state index is 14.1. The molecule has 162 valence electrons. The Morgan fingerprint density at radius 1 is 1.48 bits per heavy atom. The van der Waals surface area contributed by atoms with Crippen LogP contribution in [0.3, 0.4) is 0 Å². The minimum Gasteiger partial charge on any atom is -0.379 e. The van der Waals surface area contributed by atoms with Gasteiger partial charge in [0, 0.05) is 23.3 Å². The van der Waals surface area contributed by atoms with Crippen LogP contribution >= 0.6 is 11.8 Å². The van der Waals surface area contributed by atoms with Gasteiger partial charge >= 0.3 is 6.61 Å². The molecule has 0 aliphatic carbocycles. The summed E-state index contributed by atoms with van der Waals surface area (Å²) in [4.78, 5) is 24.8. The average molecular weight is 450 g/mol. The van der Waals surface area contributed by atoms with E-state index in [0.717, 1.165) is 24.0 Å². The molecule has 0 unspecified atom stereocenters. The van der Waals surface area contributed by atoms with Crippen LogP contribution in [0.1, 0.15) is 35.1 Å². The van der Waals surface area contributed by atoms with Crippen molar-refractivity contribution in [3.8, 4) is 6.07 Å². The van der Waals surface area contributed by atoms with Crippen molar-refractivity contribution >= 4 is 28.5 Å². The normalized spacial score (nSPS) is 20.8. The monoisotopic (exact) mass is 450 g/mol. The number of halogens is 3. The summed E-state index contributed by atoms with van der Waals surface area (Å²) in [6, 6.07) is 5.69. The summed E-state index contributed by atoms with van der Waals surface area (Å²) in [7, 11) is 0. The number of pyridine rings is 2. The molecule has 0 bridgehead atoms. The van der Waals surface area contributed by atoms with Gasteiger partial charge in [-0.25, -0.2) is 14.4 Å². The number of carbonyl (C=O) groups is 1. The number of amides is 1. The van der Waals surface area contributed by atoms with Gasteiger partial charge in [-0.05, 0) is 31.5 Å². The summed E-state index contributed by atoms with van der Waals surface area (Å²) in [5.41, 5.74) is 5.19. The highest BCUT2D eigenvalue weighted by Crippen LogP contribution is 2.38. The van der Waals surface area contributed by atoms with Crippen LogP contribution in [0.25, 0.3) is 0 Å². The second-order valence-electron chi connectivity index (χ2n) is 6.81. The molecule has 1 aliphatic rings. The van der Waals surface area contributed by atoms with Crippen molar-refractivity contribution in [1.29, 1.82) is 5.26 Å². The lowest BCUT2D eigenvalue weighted by molar-refractivity contribution is -0.128. The second kappa shape index (κ2) is 9.32.